The van der Waals surface area contributed by atoms with Gasteiger partial charge in [0, 0.05) is 19.2 Å². The summed E-state index contributed by atoms with van der Waals surface area (Å²) in [4.78, 5) is 26.6. The van der Waals surface area contributed by atoms with Gasteiger partial charge in [-0.2, -0.15) is 0 Å². The second kappa shape index (κ2) is 25.4. The maximum absolute atomic E-state index is 13.4. The number of ether oxygens (including phenoxy) is 1. The summed E-state index contributed by atoms with van der Waals surface area (Å²) in [7, 11) is 3.47. The van der Waals surface area contributed by atoms with Crippen molar-refractivity contribution in [2.24, 2.45) is 23.5 Å². The lowest BCUT2D eigenvalue weighted by atomic mass is 9.77. The zero-order valence-corrected chi connectivity index (χ0v) is 36.5. The SMILES string of the molecule is CNCC(CC(CCCO)CCCC(=O)CC(=O)C=C(CO)c1cc(OC)c(O)cc1CC1=CNC(N)C=C1CCc1cccc(CCc2ccccc2)c1)C1CCNCC1. The molecule has 10 heteroatoms. The lowest BCUT2D eigenvalue weighted by molar-refractivity contribution is -0.124. The van der Waals surface area contributed by atoms with Gasteiger partial charge < -0.3 is 41.7 Å². The summed E-state index contributed by atoms with van der Waals surface area (Å²) in [5.74, 6) is 1.30. The minimum absolute atomic E-state index is 0.0516. The molecule has 2 aliphatic heterocycles. The molecule has 0 saturated carbocycles. The van der Waals surface area contributed by atoms with Gasteiger partial charge in [0.25, 0.3) is 0 Å². The number of hydrogen-bond acceptors (Lipinski definition) is 10. The number of carbonyl (C=O) groups excluding carboxylic acids is 2. The third-order valence-electron chi connectivity index (χ3n) is 12.5. The largest absolute Gasteiger partial charge is 0.504 e. The van der Waals surface area contributed by atoms with Crippen LogP contribution in [-0.2, 0) is 35.3 Å². The average molecular weight is 835 g/mol. The molecule has 0 bridgehead atoms. The predicted molar refractivity (Wildman–Crippen MR) is 245 cm³/mol. The van der Waals surface area contributed by atoms with Crippen molar-refractivity contribution >= 4 is 17.1 Å². The number of methoxy groups -OCH3 is 1. The third-order valence-corrected chi connectivity index (χ3v) is 12.5. The molecule has 0 radical (unpaired) electrons. The second-order valence-corrected chi connectivity index (χ2v) is 17.0. The highest BCUT2D eigenvalue weighted by Crippen LogP contribution is 2.36. The number of benzene rings is 3. The van der Waals surface area contributed by atoms with Gasteiger partial charge in [-0.15, -0.1) is 0 Å². The number of ketones is 2. The van der Waals surface area contributed by atoms with Crippen LogP contribution in [0.4, 0.5) is 0 Å². The number of dihydropyridines is 1. The van der Waals surface area contributed by atoms with Crippen molar-refractivity contribution in [1.82, 2.24) is 16.0 Å². The molecule has 0 amide bonds. The van der Waals surface area contributed by atoms with Crippen LogP contribution < -0.4 is 26.4 Å². The maximum atomic E-state index is 13.4. The first kappa shape index (κ1) is 47.5. The van der Waals surface area contributed by atoms with Crippen molar-refractivity contribution in [1.29, 1.82) is 0 Å². The van der Waals surface area contributed by atoms with E-state index < -0.39 is 6.61 Å². The topological polar surface area (TPSA) is 166 Å². The van der Waals surface area contributed by atoms with Gasteiger partial charge in [-0.05, 0) is 184 Å². The van der Waals surface area contributed by atoms with Crippen LogP contribution in [0, 0.1) is 17.8 Å². The van der Waals surface area contributed by atoms with Gasteiger partial charge in [0.15, 0.2) is 17.3 Å². The molecule has 2 heterocycles. The molecular formula is C51H70N4O6. The Kier molecular flexibility index (Phi) is 19.7. The van der Waals surface area contributed by atoms with E-state index in [1.54, 1.807) is 12.1 Å². The summed E-state index contributed by atoms with van der Waals surface area (Å²) in [6.45, 7) is 2.79. The zero-order chi connectivity index (χ0) is 43.4. The Morgan fingerprint density at radius 1 is 0.918 bits per heavy atom. The fourth-order valence-corrected chi connectivity index (χ4v) is 9.18. The van der Waals surface area contributed by atoms with E-state index in [2.05, 4.69) is 64.5 Å². The quantitative estimate of drug-likeness (QED) is 0.0340. The molecule has 2 aliphatic rings. The number of rotatable bonds is 26. The summed E-state index contributed by atoms with van der Waals surface area (Å²) in [6.07, 6.45) is 15.6. The van der Waals surface area contributed by atoms with Crippen molar-refractivity contribution in [2.75, 3.05) is 47.0 Å². The summed E-state index contributed by atoms with van der Waals surface area (Å²) >= 11 is 0. The highest BCUT2D eigenvalue weighted by molar-refractivity contribution is 6.07. The van der Waals surface area contributed by atoms with Crippen molar-refractivity contribution in [3.05, 3.63) is 124 Å². The number of nitrogens with one attached hydrogen (secondary N) is 3. The van der Waals surface area contributed by atoms with E-state index in [9.17, 15) is 24.9 Å². The normalized spacial score (nSPS) is 16.9. The number of piperidine rings is 1. The van der Waals surface area contributed by atoms with Crippen LogP contribution in [0.3, 0.4) is 0 Å². The summed E-state index contributed by atoms with van der Waals surface area (Å²) in [5, 5.41) is 41.2. The number of phenolic OH excluding ortho intramolecular Hbond substituents is 1. The van der Waals surface area contributed by atoms with E-state index >= 15 is 0 Å². The summed E-state index contributed by atoms with van der Waals surface area (Å²) in [5.41, 5.74) is 13.9. The number of phenols is 1. The number of carbonyl (C=O) groups is 2. The van der Waals surface area contributed by atoms with Gasteiger partial charge in [0.1, 0.15) is 5.78 Å². The summed E-state index contributed by atoms with van der Waals surface area (Å²) < 4.78 is 5.46. The molecule has 0 aliphatic carbocycles. The number of nitrogens with two attached hydrogens (primary N) is 1. The van der Waals surface area contributed by atoms with Crippen molar-refractivity contribution in [3.8, 4) is 11.5 Å². The van der Waals surface area contributed by atoms with E-state index in [1.165, 1.54) is 42.7 Å². The number of hydrogen-bond donors (Lipinski definition) is 7. The van der Waals surface area contributed by atoms with Crippen LogP contribution in [0.5, 0.6) is 11.5 Å². The van der Waals surface area contributed by atoms with E-state index in [0.717, 1.165) is 82.1 Å². The first-order valence-corrected chi connectivity index (χ1v) is 22.4. The number of aliphatic hydroxyl groups is 2. The van der Waals surface area contributed by atoms with Gasteiger partial charge in [0.05, 0.1) is 26.3 Å². The van der Waals surface area contributed by atoms with Gasteiger partial charge >= 0.3 is 0 Å². The molecule has 3 aromatic rings. The Hall–Kier alpha value is -4.58. The molecule has 3 atom stereocenters. The number of aromatic hydroxyl groups is 1. The average Bonchev–Trinajstić information content (AvgIpc) is 3.27. The Morgan fingerprint density at radius 2 is 1.62 bits per heavy atom. The highest BCUT2D eigenvalue weighted by Gasteiger charge is 2.26. The molecule has 0 aromatic heterocycles. The van der Waals surface area contributed by atoms with E-state index in [0.29, 0.717) is 53.7 Å². The molecule has 1 fully saturated rings. The molecule has 3 aromatic carbocycles. The number of allylic oxidation sites excluding steroid dienone is 3. The minimum Gasteiger partial charge on any atom is -0.504 e. The molecule has 3 unspecified atom stereocenters. The first-order valence-electron chi connectivity index (χ1n) is 22.4. The van der Waals surface area contributed by atoms with Crippen LogP contribution in [0.2, 0.25) is 0 Å². The number of Topliss-reactive ketones (excluding diaryl/α,β-unsaturated/α-hetero) is 1. The van der Waals surface area contributed by atoms with Crippen LogP contribution >= 0.6 is 0 Å². The predicted octanol–water partition coefficient (Wildman–Crippen LogP) is 6.75. The lowest BCUT2D eigenvalue weighted by Crippen LogP contribution is -2.36. The smallest absolute Gasteiger partial charge is 0.163 e. The fraction of sp³-hybridized carbons (Fsp3) is 0.490. The van der Waals surface area contributed by atoms with Crippen LogP contribution in [0.25, 0.3) is 5.57 Å². The maximum Gasteiger partial charge on any atom is 0.163 e. The van der Waals surface area contributed by atoms with Gasteiger partial charge in [-0.3, -0.25) is 9.59 Å². The second-order valence-electron chi connectivity index (χ2n) is 17.0. The van der Waals surface area contributed by atoms with Crippen molar-refractivity contribution in [3.63, 3.8) is 0 Å². The van der Waals surface area contributed by atoms with E-state index in [1.807, 2.05) is 25.4 Å². The Morgan fingerprint density at radius 3 is 2.33 bits per heavy atom. The Bertz CT molecular complexity index is 1940. The van der Waals surface area contributed by atoms with Gasteiger partial charge in [-0.1, -0.05) is 61.0 Å². The molecular weight excluding hydrogens is 765 g/mol. The Labute approximate surface area is 363 Å². The standard InChI is InChI=1S/C51H70N4O6/c1-53-33-43(40-20-22-54-23-21-40)26-37(14-8-24-56)13-7-15-46(58)31-47(59)28-45(35-57)48-32-50(61-2)49(60)29-42(48)27-44-34-55-51(52)30-41(44)19-18-39-12-6-11-38(25-39)17-16-36-9-4-3-5-10-36/h3-6,9-12,25,28-30,32,34,37,40,43,51,53-57,60H,7-8,13-24,26-27,31,33,35,52H2,1-2H3. The molecule has 10 nitrogen and oxygen atoms in total. The lowest BCUT2D eigenvalue weighted by Gasteiger charge is -2.33. The van der Waals surface area contributed by atoms with Crippen LogP contribution in [0.1, 0.15) is 92.0 Å². The molecule has 8 N–H and O–H groups in total. The van der Waals surface area contributed by atoms with Crippen LogP contribution in [0.15, 0.2) is 96.2 Å². The first-order chi connectivity index (χ1) is 29.7. The monoisotopic (exact) mass is 835 g/mol. The van der Waals surface area contributed by atoms with Crippen molar-refractivity contribution < 1.29 is 29.6 Å². The molecule has 61 heavy (non-hydrogen) atoms. The van der Waals surface area contributed by atoms with Gasteiger partial charge in [-0.25, -0.2) is 0 Å². The Balaban J connectivity index is 1.22. The minimum atomic E-state index is -0.441. The fourth-order valence-electron chi connectivity index (χ4n) is 9.18. The van der Waals surface area contributed by atoms with Gasteiger partial charge in [0.2, 0.25) is 0 Å². The van der Waals surface area contributed by atoms with Crippen LogP contribution in [-0.4, -0.2) is 80.1 Å². The number of aliphatic hydroxyl groups excluding tert-OH is 2. The van der Waals surface area contributed by atoms with E-state index in [-0.39, 0.29) is 42.3 Å². The molecule has 330 valence electrons. The number of aryl methyl sites for hydroxylation is 3. The zero-order valence-electron chi connectivity index (χ0n) is 36.5. The summed E-state index contributed by atoms with van der Waals surface area (Å²) in [6, 6.07) is 22.5. The van der Waals surface area contributed by atoms with E-state index in [4.69, 9.17) is 10.5 Å². The molecule has 5 rings (SSSR count). The molecule has 0 spiro atoms. The van der Waals surface area contributed by atoms with Crippen molar-refractivity contribution in [2.45, 2.75) is 96.1 Å². The molecule has 1 saturated heterocycles. The highest BCUT2D eigenvalue weighted by atomic mass is 16.5. The third kappa shape index (κ3) is 15.4.